The first-order valence-corrected chi connectivity index (χ1v) is 8.69. The largest absolute Gasteiger partial charge is 0.491 e. The normalized spacial score (nSPS) is 12.6. The third-order valence-electron chi connectivity index (χ3n) is 2.88. The summed E-state index contributed by atoms with van der Waals surface area (Å²) >= 11 is 3.05. The number of aromatic nitrogens is 2. The summed E-state index contributed by atoms with van der Waals surface area (Å²) in [5, 5.41) is 18.9. The smallest absolute Gasteiger partial charge is 0.174 e. The van der Waals surface area contributed by atoms with E-state index >= 15 is 0 Å². The Morgan fingerprint density at radius 1 is 1.29 bits per heavy atom. The molecule has 1 unspecified atom stereocenters. The van der Waals surface area contributed by atoms with E-state index in [0.717, 1.165) is 20.7 Å². The molecule has 6 heteroatoms. The van der Waals surface area contributed by atoms with Crippen molar-refractivity contribution in [2.24, 2.45) is 0 Å². The van der Waals surface area contributed by atoms with Crippen LogP contribution in [0.15, 0.2) is 28.6 Å². The van der Waals surface area contributed by atoms with Crippen molar-refractivity contribution < 1.29 is 9.84 Å². The average molecular weight is 324 g/mol. The lowest BCUT2D eigenvalue weighted by atomic mass is 10.0. The molecule has 0 fully saturated rings. The number of aryl methyl sites for hydroxylation is 1. The molecule has 0 spiro atoms. The van der Waals surface area contributed by atoms with Gasteiger partial charge in [0.25, 0.3) is 0 Å². The minimum absolute atomic E-state index is 0.286. The predicted molar refractivity (Wildman–Crippen MR) is 87.4 cm³/mol. The van der Waals surface area contributed by atoms with E-state index in [1.807, 2.05) is 25.1 Å². The van der Waals surface area contributed by atoms with Crippen molar-refractivity contribution in [1.82, 2.24) is 10.2 Å². The van der Waals surface area contributed by atoms with Gasteiger partial charge < -0.3 is 9.84 Å². The zero-order chi connectivity index (χ0) is 15.2. The number of ether oxygens (including phenoxy) is 1. The molecule has 0 amide bonds. The van der Waals surface area contributed by atoms with Crippen LogP contribution in [-0.2, 0) is 0 Å². The maximum Gasteiger partial charge on any atom is 0.174 e. The van der Waals surface area contributed by atoms with Crippen LogP contribution in [0.4, 0.5) is 0 Å². The van der Waals surface area contributed by atoms with Gasteiger partial charge >= 0.3 is 0 Å². The summed E-state index contributed by atoms with van der Waals surface area (Å²) in [7, 11) is 0. The molecule has 1 aromatic heterocycles. The van der Waals surface area contributed by atoms with Crippen LogP contribution in [0.5, 0.6) is 5.75 Å². The Labute approximate surface area is 133 Å². The fourth-order valence-electron chi connectivity index (χ4n) is 1.83. The first-order valence-electron chi connectivity index (χ1n) is 6.89. The minimum atomic E-state index is -0.528. The Bertz CT molecular complexity index is 572. The molecule has 0 aliphatic carbocycles. The van der Waals surface area contributed by atoms with Gasteiger partial charge in [-0.25, -0.2) is 0 Å². The molecule has 0 aliphatic rings. The first kappa shape index (κ1) is 16.3. The maximum absolute atomic E-state index is 10.0. The molecule has 4 nitrogen and oxygen atoms in total. The van der Waals surface area contributed by atoms with Crippen molar-refractivity contribution in [3.8, 4) is 5.75 Å². The Hall–Kier alpha value is -1.11. The van der Waals surface area contributed by atoms with Gasteiger partial charge in [0.05, 0.1) is 6.10 Å². The summed E-state index contributed by atoms with van der Waals surface area (Å²) in [6, 6.07) is 7.97. The zero-order valence-electron chi connectivity index (χ0n) is 12.4. The molecule has 114 valence electrons. The van der Waals surface area contributed by atoms with Gasteiger partial charge in [-0.1, -0.05) is 55.1 Å². The van der Waals surface area contributed by atoms with Crippen LogP contribution in [0.3, 0.4) is 0 Å². The molecule has 21 heavy (non-hydrogen) atoms. The molecule has 2 rings (SSSR count). The molecule has 0 saturated carbocycles. The Morgan fingerprint density at radius 3 is 2.71 bits per heavy atom. The molecular formula is C15H20N2O2S2. The highest BCUT2D eigenvalue weighted by molar-refractivity contribution is 8.01. The van der Waals surface area contributed by atoms with Crippen molar-refractivity contribution in [3.05, 3.63) is 34.8 Å². The summed E-state index contributed by atoms with van der Waals surface area (Å²) in [6.07, 6.45) is -0.528. The quantitative estimate of drug-likeness (QED) is 0.790. The molecule has 1 N–H and O–H groups in total. The van der Waals surface area contributed by atoms with E-state index in [9.17, 15) is 5.11 Å². The number of aliphatic hydroxyl groups is 1. The highest BCUT2D eigenvalue weighted by Crippen LogP contribution is 2.26. The number of benzene rings is 1. The SMILES string of the molecule is Cc1nnc(SCC(O)COc2ccccc2C(C)C)s1. The molecule has 0 radical (unpaired) electrons. The van der Waals surface area contributed by atoms with Gasteiger partial charge in [0.2, 0.25) is 0 Å². The Morgan fingerprint density at radius 2 is 2.05 bits per heavy atom. The predicted octanol–water partition coefficient (Wildman–Crippen LogP) is 3.50. The van der Waals surface area contributed by atoms with Crippen LogP contribution in [-0.4, -0.2) is 33.8 Å². The van der Waals surface area contributed by atoms with Gasteiger partial charge in [0, 0.05) is 5.75 Å². The number of nitrogens with zero attached hydrogens (tertiary/aromatic N) is 2. The molecule has 1 atom stereocenters. The van der Waals surface area contributed by atoms with Crippen molar-refractivity contribution in [2.75, 3.05) is 12.4 Å². The second-order valence-corrected chi connectivity index (χ2v) is 7.50. The van der Waals surface area contributed by atoms with Crippen molar-refractivity contribution in [2.45, 2.75) is 37.1 Å². The van der Waals surface area contributed by atoms with Crippen molar-refractivity contribution in [1.29, 1.82) is 0 Å². The zero-order valence-corrected chi connectivity index (χ0v) is 14.1. The van der Waals surface area contributed by atoms with Gasteiger partial charge in [-0.2, -0.15) is 0 Å². The molecule has 1 aromatic carbocycles. The molecule has 2 aromatic rings. The molecule has 0 bridgehead atoms. The van der Waals surface area contributed by atoms with Crippen LogP contribution in [0.25, 0.3) is 0 Å². The van der Waals surface area contributed by atoms with Gasteiger partial charge in [-0.15, -0.1) is 10.2 Å². The van der Waals surface area contributed by atoms with E-state index in [2.05, 4.69) is 30.1 Å². The fraction of sp³-hybridized carbons (Fsp3) is 0.467. The van der Waals surface area contributed by atoms with E-state index in [0.29, 0.717) is 11.7 Å². The van der Waals surface area contributed by atoms with Crippen LogP contribution >= 0.6 is 23.1 Å². The number of aliphatic hydroxyl groups excluding tert-OH is 1. The van der Waals surface area contributed by atoms with Crippen LogP contribution < -0.4 is 4.74 Å². The summed E-state index contributed by atoms with van der Waals surface area (Å²) in [5.74, 6) is 1.80. The monoisotopic (exact) mass is 324 g/mol. The molecule has 0 aliphatic heterocycles. The molecular weight excluding hydrogens is 304 g/mol. The second kappa shape index (κ2) is 7.77. The molecule has 1 heterocycles. The second-order valence-electron chi connectivity index (χ2n) is 5.06. The summed E-state index contributed by atoms with van der Waals surface area (Å²) in [5.41, 5.74) is 1.16. The lowest BCUT2D eigenvalue weighted by molar-refractivity contribution is 0.125. The van der Waals surface area contributed by atoms with E-state index in [1.165, 1.54) is 23.1 Å². The van der Waals surface area contributed by atoms with Crippen molar-refractivity contribution >= 4 is 23.1 Å². The Balaban J connectivity index is 1.82. The summed E-state index contributed by atoms with van der Waals surface area (Å²) < 4.78 is 6.64. The van der Waals surface area contributed by atoms with Crippen LogP contribution in [0.1, 0.15) is 30.3 Å². The first-order chi connectivity index (χ1) is 10.1. The summed E-state index contributed by atoms with van der Waals surface area (Å²) in [6.45, 7) is 6.47. The highest BCUT2D eigenvalue weighted by atomic mass is 32.2. The average Bonchev–Trinajstić information content (AvgIpc) is 2.88. The van der Waals surface area contributed by atoms with E-state index in [-0.39, 0.29) is 6.61 Å². The lowest BCUT2D eigenvalue weighted by Crippen LogP contribution is -2.20. The van der Waals surface area contributed by atoms with Crippen LogP contribution in [0.2, 0.25) is 0 Å². The highest BCUT2D eigenvalue weighted by Gasteiger charge is 2.11. The third kappa shape index (κ3) is 4.98. The summed E-state index contributed by atoms with van der Waals surface area (Å²) in [4.78, 5) is 0. The van der Waals surface area contributed by atoms with E-state index in [4.69, 9.17) is 4.74 Å². The van der Waals surface area contributed by atoms with Gasteiger partial charge in [0.1, 0.15) is 17.4 Å². The number of hydrogen-bond donors (Lipinski definition) is 1. The fourth-order valence-corrected chi connectivity index (χ4v) is 3.57. The third-order valence-corrected chi connectivity index (χ3v) is 5.00. The van der Waals surface area contributed by atoms with E-state index < -0.39 is 6.10 Å². The number of rotatable bonds is 7. The number of thioether (sulfide) groups is 1. The Kier molecular flexibility index (Phi) is 6.02. The standard InChI is InChI=1S/C15H20N2O2S2/c1-10(2)13-6-4-5-7-14(13)19-8-12(18)9-20-15-17-16-11(3)21-15/h4-7,10,12,18H,8-9H2,1-3H3. The van der Waals surface area contributed by atoms with Gasteiger partial charge in [-0.05, 0) is 24.5 Å². The number of hydrogen-bond acceptors (Lipinski definition) is 6. The van der Waals surface area contributed by atoms with Gasteiger partial charge in [0.15, 0.2) is 4.34 Å². The van der Waals surface area contributed by atoms with Gasteiger partial charge in [-0.3, -0.25) is 0 Å². The van der Waals surface area contributed by atoms with E-state index in [1.54, 1.807) is 0 Å². The van der Waals surface area contributed by atoms with Crippen LogP contribution in [0, 0.1) is 6.92 Å². The number of para-hydroxylation sites is 1. The lowest BCUT2D eigenvalue weighted by Gasteiger charge is -2.16. The maximum atomic E-state index is 10.0. The minimum Gasteiger partial charge on any atom is -0.491 e. The molecule has 0 saturated heterocycles. The van der Waals surface area contributed by atoms with Crippen molar-refractivity contribution in [3.63, 3.8) is 0 Å². The topological polar surface area (TPSA) is 55.2 Å².